The smallest absolute Gasteiger partial charge is 0.101 e. The van der Waals surface area contributed by atoms with Gasteiger partial charge in [-0.1, -0.05) is 12.8 Å². The summed E-state index contributed by atoms with van der Waals surface area (Å²) in [6.07, 6.45) is 3.81. The van der Waals surface area contributed by atoms with E-state index in [1.165, 1.54) is 0 Å². The van der Waals surface area contributed by atoms with Crippen LogP contribution in [0.2, 0.25) is 0 Å². The Balaban J connectivity index is 2.06. The third kappa shape index (κ3) is 2.69. The van der Waals surface area contributed by atoms with Gasteiger partial charge in [-0.2, -0.15) is 5.26 Å². The van der Waals surface area contributed by atoms with Crippen molar-refractivity contribution in [1.82, 2.24) is 0 Å². The van der Waals surface area contributed by atoms with Gasteiger partial charge in [-0.05, 0) is 31.0 Å². The molecule has 0 aromatic heterocycles. The van der Waals surface area contributed by atoms with Crippen LogP contribution in [0.25, 0.3) is 0 Å². The van der Waals surface area contributed by atoms with Crippen LogP contribution in [-0.4, -0.2) is 17.3 Å². The van der Waals surface area contributed by atoms with Crippen molar-refractivity contribution in [3.63, 3.8) is 0 Å². The second kappa shape index (κ2) is 4.64. The summed E-state index contributed by atoms with van der Waals surface area (Å²) >= 11 is 0. The Morgan fingerprint density at radius 1 is 1.41 bits per heavy atom. The second-order valence-corrected chi connectivity index (χ2v) is 4.70. The number of nitriles is 1. The van der Waals surface area contributed by atoms with Gasteiger partial charge in [0.15, 0.2) is 0 Å². The number of rotatable bonds is 3. The van der Waals surface area contributed by atoms with Crippen LogP contribution in [0.3, 0.4) is 0 Å². The van der Waals surface area contributed by atoms with Crippen molar-refractivity contribution in [2.45, 2.75) is 31.3 Å². The molecule has 90 valence electrons. The van der Waals surface area contributed by atoms with E-state index in [4.69, 9.17) is 11.0 Å². The van der Waals surface area contributed by atoms with Gasteiger partial charge in [0.05, 0.1) is 16.9 Å². The van der Waals surface area contributed by atoms with Crippen LogP contribution in [-0.2, 0) is 0 Å². The predicted octanol–water partition coefficient (Wildman–Crippen LogP) is 1.86. The van der Waals surface area contributed by atoms with Gasteiger partial charge in [-0.15, -0.1) is 0 Å². The van der Waals surface area contributed by atoms with Crippen molar-refractivity contribution >= 4 is 11.4 Å². The Labute approximate surface area is 101 Å². The lowest BCUT2D eigenvalue weighted by molar-refractivity contribution is 0.0615. The highest BCUT2D eigenvalue weighted by Gasteiger charge is 2.30. The van der Waals surface area contributed by atoms with Gasteiger partial charge in [0.2, 0.25) is 0 Å². The maximum absolute atomic E-state index is 10.2. The summed E-state index contributed by atoms with van der Waals surface area (Å²) in [5.41, 5.74) is 6.84. The first-order chi connectivity index (χ1) is 8.13. The maximum atomic E-state index is 10.2. The van der Waals surface area contributed by atoms with Crippen LogP contribution < -0.4 is 11.1 Å². The van der Waals surface area contributed by atoms with E-state index in [1.54, 1.807) is 18.2 Å². The molecule has 0 radical (unpaired) electrons. The fourth-order valence-corrected chi connectivity index (χ4v) is 2.28. The molecule has 1 fully saturated rings. The quantitative estimate of drug-likeness (QED) is 0.693. The zero-order valence-corrected chi connectivity index (χ0v) is 9.74. The topological polar surface area (TPSA) is 82.1 Å². The van der Waals surface area contributed by atoms with Crippen LogP contribution in [0.1, 0.15) is 31.2 Å². The summed E-state index contributed by atoms with van der Waals surface area (Å²) in [7, 11) is 0. The molecule has 1 aromatic rings. The zero-order chi connectivity index (χ0) is 12.3. The Morgan fingerprint density at radius 3 is 2.76 bits per heavy atom. The van der Waals surface area contributed by atoms with E-state index in [9.17, 15) is 5.11 Å². The highest BCUT2D eigenvalue weighted by molar-refractivity contribution is 5.63. The lowest BCUT2D eigenvalue weighted by Crippen LogP contribution is -2.33. The average Bonchev–Trinajstić information content (AvgIpc) is 2.75. The monoisotopic (exact) mass is 231 g/mol. The molecular formula is C13H17N3O. The fraction of sp³-hybridized carbons (Fsp3) is 0.462. The van der Waals surface area contributed by atoms with Gasteiger partial charge in [0.25, 0.3) is 0 Å². The van der Waals surface area contributed by atoms with Crippen molar-refractivity contribution in [2.24, 2.45) is 0 Å². The summed E-state index contributed by atoms with van der Waals surface area (Å²) in [5, 5.41) is 22.3. The summed E-state index contributed by atoms with van der Waals surface area (Å²) in [4.78, 5) is 0. The first-order valence-electron chi connectivity index (χ1n) is 5.89. The van der Waals surface area contributed by atoms with Crippen LogP contribution in [0.15, 0.2) is 18.2 Å². The Morgan fingerprint density at radius 2 is 2.12 bits per heavy atom. The Hall–Kier alpha value is -1.73. The van der Waals surface area contributed by atoms with Crippen LogP contribution in [0, 0.1) is 11.3 Å². The number of nitrogens with two attached hydrogens (primary N) is 1. The number of hydrogen-bond acceptors (Lipinski definition) is 4. The first-order valence-corrected chi connectivity index (χ1v) is 5.89. The van der Waals surface area contributed by atoms with Gasteiger partial charge in [-0.25, -0.2) is 0 Å². The van der Waals surface area contributed by atoms with E-state index in [2.05, 4.69) is 11.4 Å². The normalized spacial score (nSPS) is 17.6. The van der Waals surface area contributed by atoms with Gasteiger partial charge >= 0.3 is 0 Å². The minimum absolute atomic E-state index is 0.492. The fourth-order valence-electron chi connectivity index (χ4n) is 2.28. The molecule has 0 bridgehead atoms. The highest BCUT2D eigenvalue weighted by Crippen LogP contribution is 2.30. The van der Waals surface area contributed by atoms with E-state index < -0.39 is 5.60 Å². The van der Waals surface area contributed by atoms with Crippen molar-refractivity contribution in [2.75, 3.05) is 17.6 Å². The van der Waals surface area contributed by atoms with Crippen molar-refractivity contribution < 1.29 is 5.11 Å². The third-order valence-corrected chi connectivity index (χ3v) is 3.31. The van der Waals surface area contributed by atoms with Crippen LogP contribution in [0.5, 0.6) is 0 Å². The Bertz CT molecular complexity index is 444. The number of hydrogen-bond donors (Lipinski definition) is 3. The summed E-state index contributed by atoms with van der Waals surface area (Å²) in [5.74, 6) is 0. The molecule has 0 aliphatic heterocycles. The van der Waals surface area contributed by atoms with E-state index in [-0.39, 0.29) is 0 Å². The molecule has 0 heterocycles. The van der Waals surface area contributed by atoms with Crippen molar-refractivity contribution in [3.05, 3.63) is 23.8 Å². The van der Waals surface area contributed by atoms with Gasteiger partial charge in [0.1, 0.15) is 6.07 Å². The van der Waals surface area contributed by atoms with Crippen molar-refractivity contribution in [1.29, 1.82) is 5.26 Å². The van der Waals surface area contributed by atoms with Gasteiger partial charge < -0.3 is 16.2 Å². The summed E-state index contributed by atoms with van der Waals surface area (Å²) < 4.78 is 0. The molecular weight excluding hydrogens is 214 g/mol. The van der Waals surface area contributed by atoms with E-state index in [1.807, 2.05) is 0 Å². The molecule has 0 amide bonds. The summed E-state index contributed by atoms with van der Waals surface area (Å²) in [6.45, 7) is 0.492. The summed E-state index contributed by atoms with van der Waals surface area (Å²) in [6, 6.07) is 7.28. The van der Waals surface area contributed by atoms with Crippen molar-refractivity contribution in [3.8, 4) is 6.07 Å². The zero-order valence-electron chi connectivity index (χ0n) is 9.74. The molecule has 1 saturated carbocycles. The van der Waals surface area contributed by atoms with E-state index in [0.717, 1.165) is 31.4 Å². The largest absolute Gasteiger partial charge is 0.399 e. The molecule has 4 N–H and O–H groups in total. The average molecular weight is 231 g/mol. The molecule has 0 unspecified atom stereocenters. The Kier molecular flexibility index (Phi) is 3.21. The predicted molar refractivity (Wildman–Crippen MR) is 67.5 cm³/mol. The maximum Gasteiger partial charge on any atom is 0.101 e. The third-order valence-electron chi connectivity index (χ3n) is 3.31. The molecule has 4 nitrogen and oxygen atoms in total. The standard InChI is InChI=1S/C13H17N3O/c14-8-10-7-11(15)3-4-12(10)16-9-13(17)5-1-2-6-13/h3-4,7,16-17H,1-2,5-6,9,15H2. The first kappa shape index (κ1) is 11.7. The number of anilines is 2. The molecule has 4 heteroatoms. The van der Waals surface area contributed by atoms with Crippen LogP contribution >= 0.6 is 0 Å². The number of nitrogens with zero attached hydrogens (tertiary/aromatic N) is 1. The molecule has 0 saturated heterocycles. The SMILES string of the molecule is N#Cc1cc(N)ccc1NCC1(O)CCCC1. The van der Waals surface area contributed by atoms with Gasteiger partial charge in [0, 0.05) is 12.2 Å². The van der Waals surface area contributed by atoms with Crippen LogP contribution in [0.4, 0.5) is 11.4 Å². The second-order valence-electron chi connectivity index (χ2n) is 4.70. The molecule has 0 atom stereocenters. The number of aliphatic hydroxyl groups is 1. The molecule has 1 aliphatic rings. The lowest BCUT2D eigenvalue weighted by Gasteiger charge is -2.23. The molecule has 17 heavy (non-hydrogen) atoms. The molecule has 2 rings (SSSR count). The molecule has 0 spiro atoms. The number of nitrogens with one attached hydrogen (secondary N) is 1. The highest BCUT2D eigenvalue weighted by atomic mass is 16.3. The van der Waals surface area contributed by atoms with Gasteiger partial charge in [-0.3, -0.25) is 0 Å². The lowest BCUT2D eigenvalue weighted by atomic mass is 10.0. The number of benzene rings is 1. The van der Waals surface area contributed by atoms with E-state index in [0.29, 0.717) is 17.8 Å². The minimum Gasteiger partial charge on any atom is -0.399 e. The number of nitrogen functional groups attached to an aromatic ring is 1. The molecule has 1 aromatic carbocycles. The minimum atomic E-state index is -0.617. The van der Waals surface area contributed by atoms with E-state index >= 15 is 0 Å². The molecule has 1 aliphatic carbocycles.